The zero-order valence-corrected chi connectivity index (χ0v) is 48.3. The van der Waals surface area contributed by atoms with Crippen LogP contribution in [0.5, 0.6) is 69.0 Å². The molecule has 9 heterocycles. The van der Waals surface area contributed by atoms with E-state index in [4.69, 9.17) is 33.4 Å². The van der Waals surface area contributed by atoms with E-state index in [-0.39, 0.29) is 18.8 Å². The highest BCUT2D eigenvalue weighted by Gasteiger charge is 2.48. The maximum absolute atomic E-state index is 7.28. The minimum Gasteiger partial charge on any atom is -0.458 e. The summed E-state index contributed by atoms with van der Waals surface area (Å²) in [5.74, 6) is 9.98. The van der Waals surface area contributed by atoms with Gasteiger partial charge in [0.2, 0.25) is 0 Å². The number of aromatic nitrogens is 4. The minimum atomic E-state index is -0.134. The van der Waals surface area contributed by atoms with Gasteiger partial charge in [0.05, 0.1) is 33.4 Å². The van der Waals surface area contributed by atoms with E-state index in [1.54, 1.807) is 0 Å². The molecule has 1 N–H and O–H groups in total. The summed E-state index contributed by atoms with van der Waals surface area (Å²) < 4.78 is 47.9. The summed E-state index contributed by atoms with van der Waals surface area (Å²) in [5, 5.41) is 6.05. The van der Waals surface area contributed by atoms with E-state index in [1.807, 2.05) is 72.9 Å². The van der Waals surface area contributed by atoms with Gasteiger partial charge in [0.15, 0.2) is 0 Å². The molecule has 13 heteroatoms. The monoisotopic (exact) mass is 1150 g/mol. The molecule has 0 amide bonds. The highest BCUT2D eigenvalue weighted by Crippen LogP contribution is 2.49. The molecule has 14 aromatic rings. The van der Waals surface area contributed by atoms with Crippen molar-refractivity contribution in [2.45, 2.75) is 26.2 Å². The Labute approximate surface area is 511 Å². The SMILES string of the molecule is CC(C)(C)c1ccnc(-n2c3ccccc3c3ccc(Oc4cccc(-n5[c-][n+](-c6c(-c7cc8c9c(c7)Oc7cccc%10c7B9c7c(cccc7O8)O%10)cccc6-c6ccc7c8c6Oc6cccc9c6B8c6c(cccc6O9)N7)c6ccccc65)c4)cc32)c1. The van der Waals surface area contributed by atoms with E-state index >= 15 is 0 Å². The van der Waals surface area contributed by atoms with Gasteiger partial charge in [-0.25, -0.2) is 4.98 Å². The van der Waals surface area contributed by atoms with Crippen molar-refractivity contribution in [2.24, 2.45) is 0 Å². The number of nitrogens with one attached hydrogen (secondary N) is 1. The second-order valence-electron chi connectivity index (χ2n) is 24.8. The van der Waals surface area contributed by atoms with Gasteiger partial charge in [0.25, 0.3) is 19.8 Å². The fraction of sp³-hybridized carbons (Fsp3) is 0.0526. The third-order valence-electron chi connectivity index (χ3n) is 18.8. The predicted molar refractivity (Wildman–Crippen MR) is 351 cm³/mol. The molecule has 6 aliphatic heterocycles. The number of ether oxygens (including phenoxy) is 6. The summed E-state index contributed by atoms with van der Waals surface area (Å²) in [6, 6.07) is 75.6. The number of anilines is 2. The molecule has 0 atom stereocenters. The molecule has 20 rings (SSSR count). The Balaban J connectivity index is 0.771. The van der Waals surface area contributed by atoms with Gasteiger partial charge in [-0.1, -0.05) is 112 Å². The molecule has 0 radical (unpaired) electrons. The summed E-state index contributed by atoms with van der Waals surface area (Å²) in [6.45, 7) is 6.44. The molecule has 0 fully saturated rings. The number of pyridine rings is 1. The van der Waals surface area contributed by atoms with Crippen LogP contribution in [0.3, 0.4) is 0 Å². The molecule has 0 unspecified atom stereocenters. The number of fused-ring (bicyclic) bond motifs is 4. The van der Waals surface area contributed by atoms with Crippen molar-refractivity contribution in [3.63, 3.8) is 0 Å². The first kappa shape index (κ1) is 48.8. The minimum absolute atomic E-state index is 0.0540. The molecular formula is C76H47B2N5O6. The van der Waals surface area contributed by atoms with Crippen LogP contribution in [0.2, 0.25) is 0 Å². The van der Waals surface area contributed by atoms with Crippen LogP contribution in [0.4, 0.5) is 11.4 Å². The summed E-state index contributed by atoms with van der Waals surface area (Å²) in [5.41, 5.74) is 18.7. The number of hydrogen-bond acceptors (Lipinski definition) is 8. The first-order valence-corrected chi connectivity index (χ1v) is 30.1. The van der Waals surface area contributed by atoms with E-state index in [2.05, 4.69) is 198 Å². The number of para-hydroxylation sites is 4. The molecule has 11 nitrogen and oxygen atoms in total. The van der Waals surface area contributed by atoms with Crippen molar-refractivity contribution < 1.29 is 33.0 Å². The topological polar surface area (TPSA) is 94.0 Å². The van der Waals surface area contributed by atoms with Gasteiger partial charge in [-0.3, -0.25) is 13.7 Å². The lowest BCUT2D eigenvalue weighted by Gasteiger charge is -2.39. The quantitative estimate of drug-likeness (QED) is 0.0958. The van der Waals surface area contributed by atoms with Crippen LogP contribution in [-0.4, -0.2) is 27.5 Å². The average Bonchev–Trinajstić information content (AvgIpc) is 1.55. The molecule has 89 heavy (non-hydrogen) atoms. The van der Waals surface area contributed by atoms with Crippen molar-refractivity contribution >= 4 is 90.4 Å². The number of hydrogen-bond donors (Lipinski definition) is 1. The van der Waals surface area contributed by atoms with Crippen LogP contribution in [0.15, 0.2) is 225 Å². The number of benzene rings is 11. The molecule has 0 saturated carbocycles. The zero-order valence-electron chi connectivity index (χ0n) is 48.3. The Morgan fingerprint density at radius 3 is 1.79 bits per heavy atom. The number of imidazole rings is 1. The zero-order chi connectivity index (χ0) is 58.5. The van der Waals surface area contributed by atoms with Gasteiger partial charge in [-0.2, -0.15) is 0 Å². The first-order chi connectivity index (χ1) is 43.7. The fourth-order valence-corrected chi connectivity index (χ4v) is 14.9. The molecular weight excluding hydrogens is 1100 g/mol. The van der Waals surface area contributed by atoms with Crippen molar-refractivity contribution in [1.82, 2.24) is 14.1 Å². The summed E-state index contributed by atoms with van der Waals surface area (Å²) >= 11 is 0. The Hall–Kier alpha value is -11.4. The van der Waals surface area contributed by atoms with Gasteiger partial charge < -0.3 is 33.7 Å². The summed E-state index contributed by atoms with van der Waals surface area (Å²) in [6.07, 6.45) is 5.86. The Morgan fingerprint density at radius 1 is 0.461 bits per heavy atom. The van der Waals surface area contributed by atoms with Gasteiger partial charge in [0, 0.05) is 61.8 Å². The second-order valence-corrected chi connectivity index (χ2v) is 24.8. The maximum atomic E-state index is 7.28. The average molecular weight is 1150 g/mol. The predicted octanol–water partition coefficient (Wildman–Crippen LogP) is 14.2. The Kier molecular flexibility index (Phi) is 9.65. The second kappa shape index (κ2) is 17.6. The highest BCUT2D eigenvalue weighted by molar-refractivity contribution is 7.01. The van der Waals surface area contributed by atoms with E-state index in [0.717, 1.165) is 174 Å². The smallest absolute Gasteiger partial charge is 0.270 e. The molecule has 3 aromatic heterocycles. The standard InChI is InChI=1S/C76H47B2N5O6/c1-76(2,3)43-34-35-79-67(38-43)83-54-20-5-4-16-48(54)49-31-30-46(40-57(49)83)84-45-15-8-14-44(39-45)81-41-82(56-22-7-6-21-55(56)81)74-47(42-36-65-73-66(37-42)88-63-28-12-25-60-71(63)78(73)70-59(86-60)24-11-27-62(70)87-65)17-9-18-50(74)51-32-33-53-69-75(51)89-64-29-13-26-61-72(64)77(69)68-52(80-53)19-10-23-58(68)85-61/h4-40,80H,1-3H3. The Bertz CT molecular complexity index is 5420. The lowest BCUT2D eigenvalue weighted by Crippen LogP contribution is -2.60. The first-order valence-electron chi connectivity index (χ1n) is 30.1. The van der Waals surface area contributed by atoms with Crippen LogP contribution < -0.4 is 71.1 Å². The fourth-order valence-electron chi connectivity index (χ4n) is 14.9. The van der Waals surface area contributed by atoms with Crippen LogP contribution in [0, 0.1) is 6.33 Å². The van der Waals surface area contributed by atoms with E-state index in [1.165, 1.54) is 5.56 Å². The lowest BCUT2D eigenvalue weighted by atomic mass is 9.33. The van der Waals surface area contributed by atoms with E-state index in [9.17, 15) is 0 Å². The van der Waals surface area contributed by atoms with Crippen molar-refractivity contribution in [3.8, 4) is 108 Å². The third kappa shape index (κ3) is 6.89. The van der Waals surface area contributed by atoms with Gasteiger partial charge in [0.1, 0.15) is 74.8 Å². The molecule has 6 aliphatic rings. The molecule has 0 bridgehead atoms. The molecule has 0 saturated heterocycles. The van der Waals surface area contributed by atoms with Gasteiger partial charge in [-0.15, -0.1) is 0 Å². The normalized spacial score (nSPS) is 13.6. The number of nitrogens with zero attached hydrogens (tertiary/aromatic N) is 4. The number of rotatable bonds is 7. The van der Waals surface area contributed by atoms with Crippen LogP contribution in [0.1, 0.15) is 26.3 Å². The Morgan fingerprint density at radius 2 is 1.04 bits per heavy atom. The maximum Gasteiger partial charge on any atom is 0.270 e. The van der Waals surface area contributed by atoms with Crippen LogP contribution in [0.25, 0.3) is 72.3 Å². The molecule has 0 aliphatic carbocycles. The molecule has 418 valence electrons. The van der Waals surface area contributed by atoms with E-state index in [0.29, 0.717) is 11.5 Å². The molecule has 0 spiro atoms. The van der Waals surface area contributed by atoms with Crippen LogP contribution >= 0.6 is 0 Å². The van der Waals surface area contributed by atoms with Gasteiger partial charge in [-0.05, 0) is 160 Å². The van der Waals surface area contributed by atoms with Gasteiger partial charge >= 0.3 is 0 Å². The largest absolute Gasteiger partial charge is 0.458 e. The van der Waals surface area contributed by atoms with E-state index < -0.39 is 0 Å². The van der Waals surface area contributed by atoms with Crippen molar-refractivity contribution in [2.75, 3.05) is 5.32 Å². The lowest BCUT2D eigenvalue weighted by molar-refractivity contribution is -0.571. The van der Waals surface area contributed by atoms with Crippen molar-refractivity contribution in [1.29, 1.82) is 0 Å². The highest BCUT2D eigenvalue weighted by atomic mass is 16.5. The summed E-state index contributed by atoms with van der Waals surface area (Å²) in [4.78, 5) is 4.93. The van der Waals surface area contributed by atoms with Crippen LogP contribution in [-0.2, 0) is 5.41 Å². The van der Waals surface area contributed by atoms with Crippen molar-refractivity contribution in [3.05, 3.63) is 236 Å². The molecule has 11 aromatic carbocycles. The summed E-state index contributed by atoms with van der Waals surface area (Å²) in [7, 11) is 0. The third-order valence-corrected chi connectivity index (χ3v) is 18.8.